The molecule has 2 rings (SSSR count). The van der Waals surface area contributed by atoms with E-state index in [9.17, 15) is 4.79 Å². The van der Waals surface area contributed by atoms with Crippen molar-refractivity contribution in [2.24, 2.45) is 17.3 Å². The topological polar surface area (TPSA) is 50.4 Å². The van der Waals surface area contributed by atoms with Crippen molar-refractivity contribution in [2.45, 2.75) is 26.2 Å². The molecule has 106 valence electrons. The number of rotatable bonds is 5. The Balaban J connectivity index is 0.00000162. The van der Waals surface area contributed by atoms with Crippen molar-refractivity contribution in [3.05, 3.63) is 0 Å². The van der Waals surface area contributed by atoms with Crippen molar-refractivity contribution in [1.82, 2.24) is 10.6 Å². The van der Waals surface area contributed by atoms with E-state index < -0.39 is 0 Å². The van der Waals surface area contributed by atoms with E-state index in [4.69, 9.17) is 4.74 Å². The van der Waals surface area contributed by atoms with Gasteiger partial charge < -0.3 is 15.4 Å². The first-order valence-electron chi connectivity index (χ1n) is 6.65. The van der Waals surface area contributed by atoms with E-state index in [0.29, 0.717) is 17.9 Å². The SMILES string of the molecule is COCC(C)CNC(=O)C1CC12CCNCC2.Cl. The van der Waals surface area contributed by atoms with Crippen molar-refractivity contribution >= 4 is 18.3 Å². The molecule has 2 atom stereocenters. The molecule has 1 saturated carbocycles. The average Bonchev–Trinajstić information content (AvgIpc) is 3.01. The molecular weight excluding hydrogens is 252 g/mol. The minimum absolute atomic E-state index is 0. The van der Waals surface area contributed by atoms with Crippen LogP contribution in [0.2, 0.25) is 0 Å². The number of hydrogen-bond donors (Lipinski definition) is 2. The Morgan fingerprint density at radius 2 is 2.17 bits per heavy atom. The summed E-state index contributed by atoms with van der Waals surface area (Å²) in [5, 5.41) is 6.42. The summed E-state index contributed by atoms with van der Waals surface area (Å²) in [5.41, 5.74) is 0.347. The summed E-state index contributed by atoms with van der Waals surface area (Å²) in [6.45, 7) is 5.68. The fourth-order valence-corrected chi connectivity index (χ4v) is 2.94. The predicted molar refractivity (Wildman–Crippen MR) is 73.9 cm³/mol. The van der Waals surface area contributed by atoms with E-state index in [1.807, 2.05) is 0 Å². The van der Waals surface area contributed by atoms with Gasteiger partial charge in [0.1, 0.15) is 0 Å². The first-order chi connectivity index (χ1) is 8.18. The lowest BCUT2D eigenvalue weighted by molar-refractivity contribution is -0.123. The fourth-order valence-electron chi connectivity index (χ4n) is 2.94. The quantitative estimate of drug-likeness (QED) is 0.793. The zero-order valence-corrected chi connectivity index (χ0v) is 12.1. The first kappa shape index (κ1) is 15.7. The number of methoxy groups -OCH3 is 1. The van der Waals surface area contributed by atoms with Gasteiger partial charge in [-0.2, -0.15) is 0 Å². The Bertz CT molecular complexity index is 280. The lowest BCUT2D eigenvalue weighted by atomic mass is 9.92. The molecule has 1 heterocycles. The van der Waals surface area contributed by atoms with Gasteiger partial charge in [0.2, 0.25) is 5.91 Å². The van der Waals surface area contributed by atoms with Crippen LogP contribution in [-0.4, -0.2) is 39.3 Å². The van der Waals surface area contributed by atoms with Crippen LogP contribution in [0.15, 0.2) is 0 Å². The maximum Gasteiger partial charge on any atom is 0.223 e. The van der Waals surface area contributed by atoms with Crippen LogP contribution < -0.4 is 10.6 Å². The number of ether oxygens (including phenoxy) is 1. The Labute approximate surface area is 116 Å². The third-order valence-corrected chi connectivity index (χ3v) is 4.18. The van der Waals surface area contributed by atoms with Crippen LogP contribution in [0, 0.1) is 17.3 Å². The summed E-state index contributed by atoms with van der Waals surface area (Å²) >= 11 is 0. The zero-order chi connectivity index (χ0) is 12.3. The van der Waals surface area contributed by atoms with Gasteiger partial charge in [-0.25, -0.2) is 0 Å². The molecule has 2 fully saturated rings. The predicted octanol–water partition coefficient (Wildman–Crippen LogP) is 1.20. The van der Waals surface area contributed by atoms with Crippen molar-refractivity contribution in [3.63, 3.8) is 0 Å². The highest BCUT2D eigenvalue weighted by Gasteiger charge is 2.57. The maximum absolute atomic E-state index is 12.0. The lowest BCUT2D eigenvalue weighted by Crippen LogP contribution is -2.35. The van der Waals surface area contributed by atoms with Gasteiger partial charge in [-0.05, 0) is 43.7 Å². The van der Waals surface area contributed by atoms with Crippen LogP contribution >= 0.6 is 12.4 Å². The number of halogens is 1. The van der Waals surface area contributed by atoms with Crippen LogP contribution in [0.3, 0.4) is 0 Å². The second-order valence-electron chi connectivity index (χ2n) is 5.67. The standard InChI is InChI=1S/C13H24N2O2.ClH/c1-10(9-17-2)8-15-12(16)11-7-13(11)3-5-14-6-4-13;/h10-11,14H,3-9H2,1-2H3,(H,15,16);1H. The largest absolute Gasteiger partial charge is 0.384 e. The summed E-state index contributed by atoms with van der Waals surface area (Å²) in [4.78, 5) is 12.0. The number of hydrogen-bond acceptors (Lipinski definition) is 3. The molecule has 0 aromatic rings. The molecule has 2 unspecified atom stereocenters. The monoisotopic (exact) mass is 276 g/mol. The van der Waals surface area contributed by atoms with Crippen molar-refractivity contribution < 1.29 is 9.53 Å². The highest BCUT2D eigenvalue weighted by Crippen LogP contribution is 2.58. The molecule has 1 amide bonds. The average molecular weight is 277 g/mol. The highest BCUT2D eigenvalue weighted by molar-refractivity contribution is 5.85. The van der Waals surface area contributed by atoms with Gasteiger partial charge in [0.25, 0.3) is 0 Å². The summed E-state index contributed by atoms with van der Waals surface area (Å²) in [5.74, 6) is 0.931. The maximum atomic E-state index is 12.0. The Kier molecular flexibility index (Phi) is 5.89. The summed E-state index contributed by atoms with van der Waals surface area (Å²) in [6, 6.07) is 0. The van der Waals surface area contributed by atoms with Crippen molar-refractivity contribution in [3.8, 4) is 0 Å². The third-order valence-electron chi connectivity index (χ3n) is 4.18. The van der Waals surface area contributed by atoms with Gasteiger partial charge in [0, 0.05) is 19.6 Å². The minimum Gasteiger partial charge on any atom is -0.384 e. The molecule has 0 aromatic carbocycles. The Morgan fingerprint density at radius 3 is 2.78 bits per heavy atom. The van der Waals surface area contributed by atoms with Crippen LogP contribution in [0.5, 0.6) is 0 Å². The molecule has 18 heavy (non-hydrogen) atoms. The molecular formula is C13H25ClN2O2. The molecule has 1 aliphatic heterocycles. The molecule has 4 nitrogen and oxygen atoms in total. The number of piperidine rings is 1. The van der Waals surface area contributed by atoms with E-state index in [2.05, 4.69) is 17.6 Å². The van der Waals surface area contributed by atoms with E-state index in [0.717, 1.165) is 26.1 Å². The number of amides is 1. The van der Waals surface area contributed by atoms with Gasteiger partial charge in [-0.15, -0.1) is 12.4 Å². The molecule has 0 radical (unpaired) electrons. The van der Waals surface area contributed by atoms with Gasteiger partial charge >= 0.3 is 0 Å². The number of carbonyl (C=O) groups excluding carboxylic acids is 1. The van der Waals surface area contributed by atoms with Gasteiger partial charge in [0.05, 0.1) is 6.61 Å². The molecule has 1 aliphatic carbocycles. The van der Waals surface area contributed by atoms with Crippen LogP contribution in [-0.2, 0) is 9.53 Å². The van der Waals surface area contributed by atoms with Crippen LogP contribution in [0.1, 0.15) is 26.2 Å². The van der Waals surface area contributed by atoms with Crippen LogP contribution in [0.25, 0.3) is 0 Å². The first-order valence-corrected chi connectivity index (χ1v) is 6.65. The Morgan fingerprint density at radius 1 is 1.50 bits per heavy atom. The molecule has 0 aromatic heterocycles. The molecule has 5 heteroatoms. The second-order valence-corrected chi connectivity index (χ2v) is 5.67. The second kappa shape index (κ2) is 6.73. The van der Waals surface area contributed by atoms with Gasteiger partial charge in [-0.3, -0.25) is 4.79 Å². The molecule has 1 spiro atoms. The molecule has 1 saturated heterocycles. The van der Waals surface area contributed by atoms with Crippen LogP contribution in [0.4, 0.5) is 0 Å². The van der Waals surface area contributed by atoms with E-state index >= 15 is 0 Å². The summed E-state index contributed by atoms with van der Waals surface area (Å²) in [6.07, 6.45) is 3.43. The minimum atomic E-state index is 0. The van der Waals surface area contributed by atoms with E-state index in [1.54, 1.807) is 7.11 Å². The fraction of sp³-hybridized carbons (Fsp3) is 0.923. The number of carbonyl (C=O) groups is 1. The summed E-state index contributed by atoms with van der Waals surface area (Å²) in [7, 11) is 1.70. The van der Waals surface area contributed by atoms with Gasteiger partial charge in [0.15, 0.2) is 0 Å². The highest BCUT2D eigenvalue weighted by atomic mass is 35.5. The van der Waals surface area contributed by atoms with Crippen molar-refractivity contribution in [2.75, 3.05) is 33.4 Å². The molecule has 0 bridgehead atoms. The lowest BCUT2D eigenvalue weighted by Gasteiger charge is -2.23. The van der Waals surface area contributed by atoms with E-state index in [-0.39, 0.29) is 24.2 Å². The summed E-state index contributed by atoms with van der Waals surface area (Å²) < 4.78 is 5.06. The smallest absolute Gasteiger partial charge is 0.223 e. The van der Waals surface area contributed by atoms with Crippen molar-refractivity contribution in [1.29, 1.82) is 0 Å². The Hall–Kier alpha value is -0.320. The normalized spacial score (nSPS) is 26.2. The third kappa shape index (κ3) is 3.59. The number of nitrogens with one attached hydrogen (secondary N) is 2. The van der Waals surface area contributed by atoms with Gasteiger partial charge in [-0.1, -0.05) is 6.92 Å². The van der Waals surface area contributed by atoms with E-state index in [1.165, 1.54) is 12.8 Å². The molecule has 2 N–H and O–H groups in total. The molecule has 2 aliphatic rings. The zero-order valence-electron chi connectivity index (χ0n) is 11.3.